The van der Waals surface area contributed by atoms with Crippen LogP contribution in [0.5, 0.6) is 0 Å². The van der Waals surface area contributed by atoms with Gasteiger partial charge in [0.15, 0.2) is 0 Å². The predicted molar refractivity (Wildman–Crippen MR) is 79.0 cm³/mol. The van der Waals surface area contributed by atoms with Crippen molar-refractivity contribution in [3.05, 3.63) is 36.7 Å². The van der Waals surface area contributed by atoms with Crippen LogP contribution in [0.1, 0.15) is 12.8 Å². The molecule has 1 N–H and O–H groups in total. The molecule has 1 saturated heterocycles. The van der Waals surface area contributed by atoms with Crippen molar-refractivity contribution in [2.24, 2.45) is 5.16 Å². The summed E-state index contributed by atoms with van der Waals surface area (Å²) in [6.45, 7) is 0.673. The normalized spacial score (nSPS) is 17.0. The van der Waals surface area contributed by atoms with Gasteiger partial charge in [0.2, 0.25) is 10.0 Å². The lowest BCUT2D eigenvalue weighted by molar-refractivity contribution is 0.310. The highest BCUT2D eigenvalue weighted by Gasteiger charge is 2.29. The van der Waals surface area contributed by atoms with E-state index in [1.54, 1.807) is 30.6 Å². The molecule has 0 spiro atoms. The zero-order chi connectivity index (χ0) is 14.9. The Labute approximate surface area is 122 Å². The van der Waals surface area contributed by atoms with Crippen molar-refractivity contribution in [3.63, 3.8) is 0 Å². The molecule has 7 heteroatoms. The van der Waals surface area contributed by atoms with E-state index in [4.69, 9.17) is 5.21 Å². The number of hydrogen-bond donors (Lipinski definition) is 1. The Balaban J connectivity index is 2.01. The maximum absolute atomic E-state index is 12.8. The van der Waals surface area contributed by atoms with Crippen LogP contribution < -0.4 is 0 Å². The van der Waals surface area contributed by atoms with E-state index in [9.17, 15) is 8.42 Å². The molecular formula is C14H15N3O3S. The Hall–Kier alpha value is -1.99. The number of piperidine rings is 1. The highest BCUT2D eigenvalue weighted by molar-refractivity contribution is 7.89. The maximum atomic E-state index is 12.8. The Morgan fingerprint density at radius 3 is 2.67 bits per heavy atom. The number of pyridine rings is 1. The van der Waals surface area contributed by atoms with E-state index in [1.807, 2.05) is 6.07 Å². The molecule has 0 aliphatic carbocycles. The minimum absolute atomic E-state index is 0.298. The molecule has 110 valence electrons. The first-order valence-electron chi connectivity index (χ1n) is 6.65. The molecule has 0 amide bonds. The van der Waals surface area contributed by atoms with Gasteiger partial charge in [-0.15, -0.1) is 0 Å². The molecular weight excluding hydrogens is 290 g/mol. The summed E-state index contributed by atoms with van der Waals surface area (Å²) in [7, 11) is -3.55. The topological polar surface area (TPSA) is 82.9 Å². The lowest BCUT2D eigenvalue weighted by Gasteiger charge is -2.26. The third kappa shape index (κ3) is 2.50. The Morgan fingerprint density at radius 1 is 1.19 bits per heavy atom. The predicted octanol–water partition coefficient (Wildman–Crippen LogP) is 1.85. The van der Waals surface area contributed by atoms with Crippen LogP contribution in [0.2, 0.25) is 0 Å². The van der Waals surface area contributed by atoms with Crippen molar-refractivity contribution in [3.8, 4) is 0 Å². The van der Waals surface area contributed by atoms with E-state index < -0.39 is 10.0 Å². The molecule has 0 unspecified atom stereocenters. The summed E-state index contributed by atoms with van der Waals surface area (Å²) < 4.78 is 27.0. The van der Waals surface area contributed by atoms with E-state index in [1.165, 1.54) is 4.31 Å². The minimum Gasteiger partial charge on any atom is -0.411 e. The Bertz CT molecular complexity index is 787. The standard InChI is InChI=1S/C14H15N3O3S/c18-16-12-5-8-17(9-6-12)21(19,20)14-3-1-2-11-10-15-7-4-13(11)14/h1-4,7,10,18H,5-6,8-9H2. The minimum atomic E-state index is -3.55. The molecule has 1 aliphatic heterocycles. The molecule has 0 bridgehead atoms. The molecule has 2 heterocycles. The fourth-order valence-electron chi connectivity index (χ4n) is 2.54. The monoisotopic (exact) mass is 305 g/mol. The quantitative estimate of drug-likeness (QED) is 0.678. The third-order valence-corrected chi connectivity index (χ3v) is 5.66. The molecule has 0 radical (unpaired) electrons. The third-order valence-electron chi connectivity index (χ3n) is 3.70. The molecule has 3 rings (SSSR count). The average molecular weight is 305 g/mol. The van der Waals surface area contributed by atoms with Crippen LogP contribution in [0.4, 0.5) is 0 Å². The largest absolute Gasteiger partial charge is 0.411 e. The van der Waals surface area contributed by atoms with Crippen molar-refractivity contribution >= 4 is 26.5 Å². The maximum Gasteiger partial charge on any atom is 0.243 e. The lowest BCUT2D eigenvalue weighted by atomic mass is 10.1. The summed E-state index contributed by atoms with van der Waals surface area (Å²) in [6, 6.07) is 6.90. The highest BCUT2D eigenvalue weighted by atomic mass is 32.2. The number of benzene rings is 1. The number of hydrogen-bond acceptors (Lipinski definition) is 5. The van der Waals surface area contributed by atoms with Crippen LogP contribution >= 0.6 is 0 Å². The van der Waals surface area contributed by atoms with E-state index in [2.05, 4.69) is 10.1 Å². The molecule has 6 nitrogen and oxygen atoms in total. The summed E-state index contributed by atoms with van der Waals surface area (Å²) in [5.41, 5.74) is 0.642. The van der Waals surface area contributed by atoms with Crippen LogP contribution in [0.15, 0.2) is 46.7 Å². The highest BCUT2D eigenvalue weighted by Crippen LogP contribution is 2.26. The molecule has 1 aliphatic rings. The molecule has 1 aromatic heterocycles. The molecule has 1 aromatic carbocycles. The molecule has 21 heavy (non-hydrogen) atoms. The second-order valence-corrected chi connectivity index (χ2v) is 6.83. The van der Waals surface area contributed by atoms with Crippen LogP contribution in [-0.2, 0) is 10.0 Å². The van der Waals surface area contributed by atoms with Gasteiger partial charge >= 0.3 is 0 Å². The van der Waals surface area contributed by atoms with Gasteiger partial charge in [-0.1, -0.05) is 17.3 Å². The van der Waals surface area contributed by atoms with E-state index in [-0.39, 0.29) is 0 Å². The number of sulfonamides is 1. The summed E-state index contributed by atoms with van der Waals surface area (Å²) in [5, 5.41) is 13.4. The van der Waals surface area contributed by atoms with E-state index in [0.717, 1.165) is 5.39 Å². The second kappa shape index (κ2) is 5.42. The number of aromatic nitrogens is 1. The fourth-order valence-corrected chi connectivity index (χ4v) is 4.20. The summed E-state index contributed by atoms with van der Waals surface area (Å²) in [4.78, 5) is 4.32. The van der Waals surface area contributed by atoms with Gasteiger partial charge in [0, 0.05) is 49.1 Å². The first kappa shape index (κ1) is 14.0. The van der Waals surface area contributed by atoms with Gasteiger partial charge in [-0.05, 0) is 12.1 Å². The Morgan fingerprint density at radius 2 is 1.95 bits per heavy atom. The van der Waals surface area contributed by atoms with Gasteiger partial charge < -0.3 is 5.21 Å². The van der Waals surface area contributed by atoms with Crippen molar-refractivity contribution in [1.29, 1.82) is 0 Å². The van der Waals surface area contributed by atoms with Gasteiger partial charge in [0.05, 0.1) is 10.6 Å². The van der Waals surface area contributed by atoms with E-state index >= 15 is 0 Å². The first-order chi connectivity index (χ1) is 10.1. The van der Waals surface area contributed by atoms with Crippen molar-refractivity contribution in [2.45, 2.75) is 17.7 Å². The van der Waals surface area contributed by atoms with Gasteiger partial charge in [-0.25, -0.2) is 8.42 Å². The molecule has 1 fully saturated rings. The van der Waals surface area contributed by atoms with Crippen molar-refractivity contribution < 1.29 is 13.6 Å². The van der Waals surface area contributed by atoms with Gasteiger partial charge in [0.25, 0.3) is 0 Å². The smallest absolute Gasteiger partial charge is 0.243 e. The molecule has 0 saturated carbocycles. The van der Waals surface area contributed by atoms with E-state index in [0.29, 0.717) is 41.9 Å². The van der Waals surface area contributed by atoms with Gasteiger partial charge in [-0.3, -0.25) is 4.98 Å². The molecule has 2 aromatic rings. The van der Waals surface area contributed by atoms with Crippen LogP contribution in [-0.4, -0.2) is 41.7 Å². The van der Waals surface area contributed by atoms with Crippen LogP contribution in [0, 0.1) is 0 Å². The number of nitrogens with zero attached hydrogens (tertiary/aromatic N) is 3. The summed E-state index contributed by atoms with van der Waals surface area (Å²) >= 11 is 0. The number of rotatable bonds is 2. The average Bonchev–Trinajstić information content (AvgIpc) is 2.54. The molecule has 0 atom stereocenters. The SMILES string of the molecule is O=S(=O)(c1cccc2cnccc12)N1CCC(=NO)CC1. The zero-order valence-electron chi connectivity index (χ0n) is 11.3. The first-order valence-corrected chi connectivity index (χ1v) is 8.09. The van der Waals surface area contributed by atoms with Crippen molar-refractivity contribution in [1.82, 2.24) is 9.29 Å². The fraction of sp³-hybridized carbons (Fsp3) is 0.286. The number of fused-ring (bicyclic) bond motifs is 1. The van der Waals surface area contributed by atoms with Crippen molar-refractivity contribution in [2.75, 3.05) is 13.1 Å². The second-order valence-electron chi connectivity index (χ2n) is 4.92. The van der Waals surface area contributed by atoms with Gasteiger partial charge in [0.1, 0.15) is 0 Å². The zero-order valence-corrected chi connectivity index (χ0v) is 12.1. The Kier molecular flexibility index (Phi) is 3.60. The summed E-state index contributed by atoms with van der Waals surface area (Å²) in [5.74, 6) is 0. The van der Waals surface area contributed by atoms with Gasteiger partial charge in [-0.2, -0.15) is 4.31 Å². The van der Waals surface area contributed by atoms with Crippen LogP contribution in [0.25, 0.3) is 10.8 Å². The summed E-state index contributed by atoms with van der Waals surface area (Å²) in [6.07, 6.45) is 4.17. The lowest BCUT2D eigenvalue weighted by Crippen LogP contribution is -2.38. The van der Waals surface area contributed by atoms with Crippen LogP contribution in [0.3, 0.4) is 0 Å². The number of oxime groups is 1.